The lowest BCUT2D eigenvalue weighted by Crippen LogP contribution is -2.21. The van der Waals surface area contributed by atoms with Gasteiger partial charge in [0.25, 0.3) is 0 Å². The van der Waals surface area contributed by atoms with Crippen molar-refractivity contribution in [2.24, 2.45) is 7.05 Å². The summed E-state index contributed by atoms with van der Waals surface area (Å²) in [4.78, 5) is 13.5. The summed E-state index contributed by atoms with van der Waals surface area (Å²) in [6, 6.07) is 8.84. The smallest absolute Gasteiger partial charge is 0.475 e. The van der Waals surface area contributed by atoms with Crippen molar-refractivity contribution in [1.82, 2.24) is 14.9 Å². The molecule has 0 aliphatic carbocycles. The van der Waals surface area contributed by atoms with E-state index in [0.717, 1.165) is 22.8 Å². The Kier molecular flexibility index (Phi) is 7.61. The number of nitrogens with one attached hydrogen (secondary N) is 1. The van der Waals surface area contributed by atoms with Crippen LogP contribution in [0.4, 0.5) is 17.6 Å². The molecule has 1 unspecified atom stereocenters. The topological polar surface area (TPSA) is 80.3 Å². The van der Waals surface area contributed by atoms with E-state index >= 15 is 0 Å². The minimum atomic E-state index is -5.08. The lowest BCUT2D eigenvalue weighted by molar-refractivity contribution is -0.192. The number of carboxylic acids is 1. The highest BCUT2D eigenvalue weighted by molar-refractivity contribution is 5.73. The van der Waals surface area contributed by atoms with Crippen LogP contribution in [0.25, 0.3) is 11.3 Å². The van der Waals surface area contributed by atoms with Gasteiger partial charge in [0.1, 0.15) is 17.4 Å². The van der Waals surface area contributed by atoms with Gasteiger partial charge in [-0.3, -0.25) is 0 Å². The number of rotatable bonds is 5. The first kappa shape index (κ1) is 24.1. The predicted molar refractivity (Wildman–Crippen MR) is 106 cm³/mol. The average Bonchev–Trinajstić information content (AvgIpc) is 3.31. The minimum Gasteiger partial charge on any atom is -0.475 e. The van der Waals surface area contributed by atoms with Gasteiger partial charge in [0.05, 0.1) is 12.0 Å². The third kappa shape index (κ3) is 6.17. The van der Waals surface area contributed by atoms with Crippen molar-refractivity contribution in [3.8, 4) is 11.3 Å². The number of carbonyl (C=O) groups is 1. The van der Waals surface area contributed by atoms with Crippen molar-refractivity contribution in [3.63, 3.8) is 0 Å². The molecule has 0 aliphatic heterocycles. The van der Waals surface area contributed by atoms with E-state index < -0.39 is 12.1 Å². The molecule has 3 aromatic rings. The van der Waals surface area contributed by atoms with E-state index in [2.05, 4.69) is 14.9 Å². The van der Waals surface area contributed by atoms with Crippen LogP contribution in [0.1, 0.15) is 35.7 Å². The Bertz CT molecular complexity index is 1030. The molecule has 1 atom stereocenters. The molecule has 6 nitrogen and oxygen atoms in total. The number of hydrogen-bond acceptors (Lipinski definition) is 4. The summed E-state index contributed by atoms with van der Waals surface area (Å²) < 4.78 is 53.4. The Morgan fingerprint density at radius 3 is 2.39 bits per heavy atom. The SMILES string of the molecule is Cc1nc(C(C)NCc2ccc(-c3ccco3)cc2F)c(C)n1C.O=C(O)C(F)(F)F. The number of nitrogens with zero attached hydrogens (tertiary/aromatic N) is 2. The van der Waals surface area contributed by atoms with Crippen LogP contribution < -0.4 is 5.32 Å². The molecule has 0 bridgehead atoms. The van der Waals surface area contributed by atoms with E-state index in [4.69, 9.17) is 14.3 Å². The summed E-state index contributed by atoms with van der Waals surface area (Å²) >= 11 is 0. The van der Waals surface area contributed by atoms with Gasteiger partial charge in [-0.1, -0.05) is 12.1 Å². The highest BCUT2D eigenvalue weighted by Crippen LogP contribution is 2.23. The zero-order chi connectivity index (χ0) is 23.3. The van der Waals surface area contributed by atoms with Crippen LogP contribution in [-0.2, 0) is 18.4 Å². The van der Waals surface area contributed by atoms with Crippen molar-refractivity contribution in [2.45, 2.75) is 39.5 Å². The third-order valence-corrected chi connectivity index (χ3v) is 4.75. The van der Waals surface area contributed by atoms with Crippen LogP contribution in [0, 0.1) is 19.7 Å². The van der Waals surface area contributed by atoms with Gasteiger partial charge in [-0.05, 0) is 39.0 Å². The van der Waals surface area contributed by atoms with Gasteiger partial charge in [0.15, 0.2) is 0 Å². The second-order valence-electron chi connectivity index (χ2n) is 6.88. The first-order valence-corrected chi connectivity index (χ1v) is 9.27. The molecule has 0 fully saturated rings. The van der Waals surface area contributed by atoms with E-state index in [1.54, 1.807) is 18.4 Å². The van der Waals surface area contributed by atoms with Crippen molar-refractivity contribution >= 4 is 5.97 Å². The molecule has 3 rings (SSSR count). The molecular formula is C21H23F4N3O3. The van der Waals surface area contributed by atoms with Crippen LogP contribution >= 0.6 is 0 Å². The molecule has 0 amide bonds. The molecule has 0 radical (unpaired) electrons. The number of alkyl halides is 3. The summed E-state index contributed by atoms with van der Waals surface area (Å²) in [5, 5.41) is 10.5. The number of aromatic nitrogens is 2. The summed E-state index contributed by atoms with van der Waals surface area (Å²) in [5.74, 6) is -1.35. The predicted octanol–water partition coefficient (Wildman–Crippen LogP) is 4.92. The van der Waals surface area contributed by atoms with E-state index in [1.807, 2.05) is 40.0 Å². The van der Waals surface area contributed by atoms with E-state index in [-0.39, 0.29) is 11.9 Å². The van der Waals surface area contributed by atoms with Gasteiger partial charge in [0, 0.05) is 36.5 Å². The first-order chi connectivity index (χ1) is 14.4. The van der Waals surface area contributed by atoms with Gasteiger partial charge in [0.2, 0.25) is 0 Å². The summed E-state index contributed by atoms with van der Waals surface area (Å²) in [7, 11) is 2.00. The maximum absolute atomic E-state index is 14.3. The number of furan rings is 1. The number of aliphatic carboxylic acids is 1. The molecule has 0 saturated carbocycles. The molecule has 0 saturated heterocycles. The Balaban J connectivity index is 0.000000423. The second-order valence-corrected chi connectivity index (χ2v) is 6.88. The normalized spacial score (nSPS) is 12.3. The molecule has 2 heterocycles. The van der Waals surface area contributed by atoms with E-state index in [9.17, 15) is 17.6 Å². The fourth-order valence-corrected chi connectivity index (χ4v) is 2.80. The van der Waals surface area contributed by atoms with Gasteiger partial charge in [-0.25, -0.2) is 14.2 Å². The maximum atomic E-state index is 14.3. The lowest BCUT2D eigenvalue weighted by atomic mass is 10.1. The van der Waals surface area contributed by atoms with Gasteiger partial charge in [-0.2, -0.15) is 13.2 Å². The third-order valence-electron chi connectivity index (χ3n) is 4.75. The average molecular weight is 441 g/mol. The highest BCUT2D eigenvalue weighted by atomic mass is 19.4. The lowest BCUT2D eigenvalue weighted by Gasteiger charge is -2.14. The molecule has 168 valence electrons. The van der Waals surface area contributed by atoms with E-state index in [1.165, 1.54) is 6.07 Å². The van der Waals surface area contributed by atoms with Crippen LogP contribution in [-0.4, -0.2) is 26.8 Å². The number of imidazole rings is 1. The second kappa shape index (κ2) is 9.78. The molecule has 0 spiro atoms. The molecule has 0 aliphatic rings. The summed E-state index contributed by atoms with van der Waals surface area (Å²) in [6.07, 6.45) is -3.50. The van der Waals surface area contributed by atoms with E-state index in [0.29, 0.717) is 17.9 Å². The first-order valence-electron chi connectivity index (χ1n) is 9.27. The van der Waals surface area contributed by atoms with Gasteiger partial charge < -0.3 is 19.4 Å². The van der Waals surface area contributed by atoms with Crippen molar-refractivity contribution in [2.75, 3.05) is 0 Å². The van der Waals surface area contributed by atoms with Crippen LogP contribution in [0.2, 0.25) is 0 Å². The molecule has 1 aromatic carbocycles. The minimum absolute atomic E-state index is 0.0500. The molecule has 10 heteroatoms. The fourth-order valence-electron chi connectivity index (χ4n) is 2.80. The van der Waals surface area contributed by atoms with Crippen LogP contribution in [0.5, 0.6) is 0 Å². The highest BCUT2D eigenvalue weighted by Gasteiger charge is 2.38. The Hall–Kier alpha value is -3.14. The maximum Gasteiger partial charge on any atom is 0.490 e. The zero-order valence-electron chi connectivity index (χ0n) is 17.4. The number of carboxylic acid groups (broad SMARTS) is 1. The number of benzene rings is 1. The number of aryl methyl sites for hydroxylation is 1. The summed E-state index contributed by atoms with van der Waals surface area (Å²) in [5.41, 5.74) is 3.50. The monoisotopic (exact) mass is 441 g/mol. The Morgan fingerprint density at radius 2 is 1.94 bits per heavy atom. The van der Waals surface area contributed by atoms with Crippen LogP contribution in [0.15, 0.2) is 41.0 Å². The molecule has 2 aromatic heterocycles. The number of halogens is 4. The number of hydrogen-bond donors (Lipinski definition) is 2. The molecule has 2 N–H and O–H groups in total. The van der Waals surface area contributed by atoms with Crippen LogP contribution in [0.3, 0.4) is 0 Å². The van der Waals surface area contributed by atoms with Crippen molar-refractivity contribution in [3.05, 3.63) is 65.2 Å². The largest absolute Gasteiger partial charge is 0.490 e. The quantitative estimate of drug-likeness (QED) is 0.550. The Labute approximate surface area is 176 Å². The van der Waals surface area contributed by atoms with Gasteiger partial charge in [-0.15, -0.1) is 0 Å². The van der Waals surface area contributed by atoms with Crippen molar-refractivity contribution < 1.29 is 31.9 Å². The molecular weight excluding hydrogens is 418 g/mol. The van der Waals surface area contributed by atoms with Crippen molar-refractivity contribution in [1.29, 1.82) is 0 Å². The van der Waals surface area contributed by atoms with Gasteiger partial charge >= 0.3 is 12.1 Å². The standard InChI is InChI=1S/C19H22FN3O.C2HF3O2/c1-12(19-13(2)23(4)14(3)22-19)21-11-16-8-7-15(10-17(16)20)18-6-5-9-24-18;3-2(4,5)1(6)7/h5-10,12,21H,11H2,1-4H3;(H,6,7). The summed E-state index contributed by atoms with van der Waals surface area (Å²) in [6.45, 7) is 6.52. The molecule has 31 heavy (non-hydrogen) atoms. The zero-order valence-corrected chi connectivity index (χ0v) is 17.4. The Morgan fingerprint density at radius 1 is 1.29 bits per heavy atom. The fraction of sp³-hybridized carbons (Fsp3) is 0.333.